The van der Waals surface area contributed by atoms with Crippen LogP contribution in [0.15, 0.2) is 23.4 Å². The van der Waals surface area contributed by atoms with Gasteiger partial charge < -0.3 is 21.2 Å². The second-order valence-electron chi connectivity index (χ2n) is 3.84. The normalized spacial score (nSPS) is 11.2. The van der Waals surface area contributed by atoms with Crippen molar-refractivity contribution in [2.75, 3.05) is 18.9 Å². The number of aryl methyl sites for hydroxylation is 1. The number of urea groups is 1. The van der Waals surface area contributed by atoms with Crippen LogP contribution in [0.25, 0.3) is 0 Å². The van der Waals surface area contributed by atoms with E-state index in [0.29, 0.717) is 10.7 Å². The first-order valence-electron chi connectivity index (χ1n) is 5.18. The molecule has 7 heteroatoms. The van der Waals surface area contributed by atoms with Gasteiger partial charge in [0, 0.05) is 17.8 Å². The number of likely N-dealkylation sites (N-methyl/N-ethyl adjacent to an activating group) is 1. The van der Waals surface area contributed by atoms with Crippen LogP contribution in [0.1, 0.15) is 5.56 Å². The highest BCUT2D eigenvalue weighted by atomic mass is 35.5. The number of amides is 2. The SMILES string of the molecule is Cc1ccc(NC(=O)N(C)CC(N)=NO)cc1Cl. The van der Waals surface area contributed by atoms with Gasteiger partial charge >= 0.3 is 6.03 Å². The summed E-state index contributed by atoms with van der Waals surface area (Å²) in [5.41, 5.74) is 6.82. The van der Waals surface area contributed by atoms with Crippen molar-refractivity contribution < 1.29 is 10.0 Å². The first-order chi connectivity index (χ1) is 8.43. The molecule has 4 N–H and O–H groups in total. The van der Waals surface area contributed by atoms with E-state index >= 15 is 0 Å². The summed E-state index contributed by atoms with van der Waals surface area (Å²) in [6.07, 6.45) is 0. The zero-order valence-electron chi connectivity index (χ0n) is 10.1. The molecule has 0 saturated carbocycles. The van der Waals surface area contributed by atoms with Gasteiger partial charge in [-0.1, -0.05) is 22.8 Å². The molecular formula is C11H15ClN4O2. The van der Waals surface area contributed by atoms with Crippen LogP contribution in [0.4, 0.5) is 10.5 Å². The Hall–Kier alpha value is -1.95. The van der Waals surface area contributed by atoms with E-state index in [4.69, 9.17) is 22.5 Å². The molecule has 0 heterocycles. The Balaban J connectivity index is 2.66. The lowest BCUT2D eigenvalue weighted by Gasteiger charge is -2.17. The lowest BCUT2D eigenvalue weighted by Crippen LogP contribution is -2.38. The van der Waals surface area contributed by atoms with Gasteiger partial charge in [-0.2, -0.15) is 0 Å². The quantitative estimate of drug-likeness (QED) is 0.339. The molecule has 0 aliphatic carbocycles. The number of hydrogen-bond donors (Lipinski definition) is 3. The molecular weight excluding hydrogens is 256 g/mol. The number of carbonyl (C=O) groups excluding carboxylic acids is 1. The highest BCUT2D eigenvalue weighted by Gasteiger charge is 2.10. The summed E-state index contributed by atoms with van der Waals surface area (Å²) in [6.45, 7) is 1.90. The van der Waals surface area contributed by atoms with Gasteiger partial charge in [-0.05, 0) is 24.6 Å². The molecule has 0 atom stereocenters. The summed E-state index contributed by atoms with van der Waals surface area (Å²) in [5, 5.41) is 14.4. The topological polar surface area (TPSA) is 91.0 Å². The fraction of sp³-hybridized carbons (Fsp3) is 0.273. The number of hydrogen-bond acceptors (Lipinski definition) is 3. The summed E-state index contributed by atoms with van der Waals surface area (Å²) in [6, 6.07) is 4.84. The van der Waals surface area contributed by atoms with Gasteiger partial charge in [0.2, 0.25) is 0 Å². The fourth-order valence-corrected chi connectivity index (χ4v) is 1.42. The second-order valence-corrected chi connectivity index (χ2v) is 4.25. The Morgan fingerprint density at radius 2 is 2.28 bits per heavy atom. The van der Waals surface area contributed by atoms with Gasteiger partial charge in [0.1, 0.15) is 0 Å². The average molecular weight is 271 g/mol. The van der Waals surface area contributed by atoms with Crippen LogP contribution in [0.2, 0.25) is 5.02 Å². The lowest BCUT2D eigenvalue weighted by atomic mass is 10.2. The van der Waals surface area contributed by atoms with E-state index in [1.54, 1.807) is 12.1 Å². The summed E-state index contributed by atoms with van der Waals surface area (Å²) >= 11 is 5.95. The maximum atomic E-state index is 11.7. The standard InChI is InChI=1S/C11H15ClN4O2/c1-7-3-4-8(5-9(7)12)14-11(17)16(2)6-10(13)15-18/h3-5,18H,6H2,1-2H3,(H2,13,15)(H,14,17). The monoisotopic (exact) mass is 270 g/mol. The van der Waals surface area contributed by atoms with Crippen LogP contribution in [-0.4, -0.2) is 35.6 Å². The third-order valence-corrected chi connectivity index (χ3v) is 2.70. The predicted molar refractivity (Wildman–Crippen MR) is 71.2 cm³/mol. The fourth-order valence-electron chi connectivity index (χ4n) is 1.24. The Morgan fingerprint density at radius 1 is 1.61 bits per heavy atom. The van der Waals surface area contributed by atoms with Gasteiger partial charge in [0.25, 0.3) is 0 Å². The number of amidine groups is 1. The van der Waals surface area contributed by atoms with E-state index in [1.165, 1.54) is 11.9 Å². The van der Waals surface area contributed by atoms with Crippen molar-refractivity contribution in [1.82, 2.24) is 4.90 Å². The Morgan fingerprint density at radius 3 is 2.83 bits per heavy atom. The predicted octanol–water partition coefficient (Wildman–Crippen LogP) is 1.86. The molecule has 6 nitrogen and oxygen atoms in total. The summed E-state index contributed by atoms with van der Waals surface area (Å²) in [4.78, 5) is 13.0. The third kappa shape index (κ3) is 3.81. The molecule has 0 aromatic heterocycles. The van der Waals surface area contributed by atoms with Gasteiger partial charge in [-0.15, -0.1) is 0 Å². The van der Waals surface area contributed by atoms with Crippen molar-refractivity contribution in [2.45, 2.75) is 6.92 Å². The molecule has 1 aromatic rings. The smallest absolute Gasteiger partial charge is 0.321 e. The van der Waals surface area contributed by atoms with Gasteiger partial charge in [-0.3, -0.25) is 0 Å². The lowest BCUT2D eigenvalue weighted by molar-refractivity contribution is 0.227. The van der Waals surface area contributed by atoms with Crippen molar-refractivity contribution in [3.05, 3.63) is 28.8 Å². The average Bonchev–Trinajstić information content (AvgIpc) is 2.33. The highest BCUT2D eigenvalue weighted by molar-refractivity contribution is 6.31. The molecule has 18 heavy (non-hydrogen) atoms. The molecule has 1 rings (SSSR count). The Labute approximate surface area is 110 Å². The number of rotatable bonds is 3. The van der Waals surface area contributed by atoms with Crippen LogP contribution in [0.5, 0.6) is 0 Å². The van der Waals surface area contributed by atoms with Crippen molar-refractivity contribution in [3.63, 3.8) is 0 Å². The van der Waals surface area contributed by atoms with Crippen LogP contribution in [-0.2, 0) is 0 Å². The number of carbonyl (C=O) groups is 1. The molecule has 2 amide bonds. The molecule has 0 bridgehead atoms. The number of anilines is 1. The summed E-state index contributed by atoms with van der Waals surface area (Å²) in [5.74, 6) is -0.0467. The Bertz CT molecular complexity index is 476. The molecule has 0 radical (unpaired) electrons. The minimum atomic E-state index is -0.374. The van der Waals surface area contributed by atoms with Crippen LogP contribution in [0.3, 0.4) is 0 Å². The molecule has 0 aliphatic heterocycles. The first-order valence-corrected chi connectivity index (χ1v) is 5.56. The van der Waals surface area contributed by atoms with E-state index in [1.807, 2.05) is 13.0 Å². The van der Waals surface area contributed by atoms with Crippen LogP contribution in [0, 0.1) is 6.92 Å². The summed E-state index contributed by atoms with van der Waals surface area (Å²) in [7, 11) is 1.53. The van der Waals surface area contributed by atoms with Crippen molar-refractivity contribution in [2.24, 2.45) is 10.9 Å². The minimum Gasteiger partial charge on any atom is -0.409 e. The Kier molecular flexibility index (Phi) is 4.79. The van der Waals surface area contributed by atoms with Crippen molar-refractivity contribution in [3.8, 4) is 0 Å². The van der Waals surface area contributed by atoms with E-state index < -0.39 is 0 Å². The molecule has 0 fully saturated rings. The van der Waals surface area contributed by atoms with E-state index in [-0.39, 0.29) is 18.4 Å². The largest absolute Gasteiger partial charge is 0.409 e. The van der Waals surface area contributed by atoms with Gasteiger partial charge in [0.05, 0.1) is 6.54 Å². The number of nitrogens with zero attached hydrogens (tertiary/aromatic N) is 2. The number of nitrogens with two attached hydrogens (primary N) is 1. The zero-order valence-corrected chi connectivity index (χ0v) is 10.9. The van der Waals surface area contributed by atoms with Crippen molar-refractivity contribution >= 4 is 29.2 Å². The van der Waals surface area contributed by atoms with Gasteiger partial charge in [-0.25, -0.2) is 4.79 Å². The molecule has 0 saturated heterocycles. The molecule has 0 spiro atoms. The maximum absolute atomic E-state index is 11.7. The van der Waals surface area contributed by atoms with E-state index in [9.17, 15) is 4.79 Å². The maximum Gasteiger partial charge on any atom is 0.321 e. The molecule has 0 unspecified atom stereocenters. The van der Waals surface area contributed by atoms with E-state index in [2.05, 4.69) is 10.5 Å². The third-order valence-electron chi connectivity index (χ3n) is 2.30. The number of nitrogens with one attached hydrogen (secondary N) is 1. The minimum absolute atomic E-state index is 0.0297. The highest BCUT2D eigenvalue weighted by Crippen LogP contribution is 2.20. The molecule has 1 aromatic carbocycles. The van der Waals surface area contributed by atoms with E-state index in [0.717, 1.165) is 5.56 Å². The molecule has 98 valence electrons. The second kappa shape index (κ2) is 6.11. The van der Waals surface area contributed by atoms with Crippen LogP contribution >= 0.6 is 11.6 Å². The number of halogens is 1. The van der Waals surface area contributed by atoms with Gasteiger partial charge in [0.15, 0.2) is 5.84 Å². The zero-order chi connectivity index (χ0) is 13.7. The van der Waals surface area contributed by atoms with Crippen molar-refractivity contribution in [1.29, 1.82) is 0 Å². The first kappa shape index (κ1) is 14.1. The summed E-state index contributed by atoms with van der Waals surface area (Å²) < 4.78 is 0. The number of oxime groups is 1. The molecule has 0 aliphatic rings. The number of benzene rings is 1. The van der Waals surface area contributed by atoms with Crippen LogP contribution < -0.4 is 11.1 Å².